The van der Waals surface area contributed by atoms with Gasteiger partial charge in [-0.2, -0.15) is 0 Å². The lowest BCUT2D eigenvalue weighted by Crippen LogP contribution is -2.39. The minimum atomic E-state index is 0.0601. The summed E-state index contributed by atoms with van der Waals surface area (Å²) in [6.07, 6.45) is 2.90. The maximum Gasteiger partial charge on any atom is 0.223 e. The molecule has 1 heterocycles. The van der Waals surface area contributed by atoms with Crippen molar-refractivity contribution in [2.24, 2.45) is 5.92 Å². The molecule has 1 saturated carbocycles. The highest BCUT2D eigenvalue weighted by Gasteiger charge is 2.34. The lowest BCUT2D eigenvalue weighted by Gasteiger charge is -2.30. The molecule has 0 bridgehead atoms. The van der Waals surface area contributed by atoms with Crippen molar-refractivity contribution in [3.05, 3.63) is 51.7 Å². The van der Waals surface area contributed by atoms with E-state index < -0.39 is 0 Å². The highest BCUT2D eigenvalue weighted by molar-refractivity contribution is 7.14. The second-order valence-electron chi connectivity index (χ2n) is 7.28. The van der Waals surface area contributed by atoms with E-state index in [1.165, 1.54) is 24.2 Å². The smallest absolute Gasteiger partial charge is 0.223 e. The Morgan fingerprint density at radius 3 is 2.41 bits per heavy atom. The molecule has 2 aromatic rings. The summed E-state index contributed by atoms with van der Waals surface area (Å²) < 4.78 is 5.21. The number of methoxy groups -OCH3 is 1. The molecule has 1 aromatic carbocycles. The van der Waals surface area contributed by atoms with Crippen LogP contribution < -0.4 is 4.74 Å². The highest BCUT2D eigenvalue weighted by Crippen LogP contribution is 2.36. The summed E-state index contributed by atoms with van der Waals surface area (Å²) in [4.78, 5) is 29.1. The molecule has 0 spiro atoms. The van der Waals surface area contributed by atoms with Crippen molar-refractivity contribution in [3.63, 3.8) is 0 Å². The summed E-state index contributed by atoms with van der Waals surface area (Å²) in [5.74, 6) is 1.52. The van der Waals surface area contributed by atoms with Crippen LogP contribution >= 0.6 is 11.3 Å². The van der Waals surface area contributed by atoms with Crippen molar-refractivity contribution in [2.45, 2.75) is 52.1 Å². The second-order valence-corrected chi connectivity index (χ2v) is 8.57. The van der Waals surface area contributed by atoms with E-state index >= 15 is 0 Å². The fourth-order valence-electron chi connectivity index (χ4n) is 3.29. The zero-order valence-corrected chi connectivity index (χ0v) is 17.1. The molecular formula is C22H27NO3S. The Morgan fingerprint density at radius 1 is 1.15 bits per heavy atom. The second kappa shape index (κ2) is 8.70. The maximum atomic E-state index is 12.9. The quantitative estimate of drug-likeness (QED) is 0.579. The molecule has 0 aliphatic heterocycles. The molecule has 1 aromatic heterocycles. The number of amides is 1. The van der Waals surface area contributed by atoms with E-state index in [0.717, 1.165) is 21.1 Å². The predicted molar refractivity (Wildman–Crippen MR) is 108 cm³/mol. The molecule has 1 aliphatic carbocycles. The molecule has 1 unspecified atom stereocenters. The first-order chi connectivity index (χ1) is 13.0. The monoisotopic (exact) mass is 385 g/mol. The number of ketones is 1. The Kier molecular flexibility index (Phi) is 6.32. The molecule has 1 atom stereocenters. The Labute approximate surface area is 165 Å². The number of benzene rings is 1. The minimum absolute atomic E-state index is 0.0601. The third kappa shape index (κ3) is 5.19. The van der Waals surface area contributed by atoms with Crippen LogP contribution in [0.5, 0.6) is 5.75 Å². The van der Waals surface area contributed by atoms with Crippen LogP contribution in [0.4, 0.5) is 0 Å². The van der Waals surface area contributed by atoms with E-state index in [4.69, 9.17) is 4.74 Å². The Bertz CT molecular complexity index is 792. The molecule has 144 valence electrons. The number of carbonyl (C=O) groups is 2. The topological polar surface area (TPSA) is 46.6 Å². The van der Waals surface area contributed by atoms with Gasteiger partial charge >= 0.3 is 0 Å². The zero-order valence-electron chi connectivity index (χ0n) is 16.2. The maximum absolute atomic E-state index is 12.9. The van der Waals surface area contributed by atoms with Crippen LogP contribution in [0.25, 0.3) is 0 Å². The van der Waals surface area contributed by atoms with Crippen LogP contribution in [-0.2, 0) is 11.3 Å². The molecule has 0 saturated heterocycles. The number of carbonyl (C=O) groups excluding carboxylic acids is 2. The average Bonchev–Trinajstić information content (AvgIpc) is 3.44. The minimum Gasteiger partial charge on any atom is -0.497 e. The van der Waals surface area contributed by atoms with Crippen LogP contribution in [0.2, 0.25) is 0 Å². The lowest BCUT2D eigenvalue weighted by atomic mass is 10.1. The van der Waals surface area contributed by atoms with Gasteiger partial charge in [0, 0.05) is 30.3 Å². The first kappa shape index (κ1) is 19.6. The Hall–Kier alpha value is -2.14. The SMILES string of the molecule is COc1ccc(CN(C(=O)CCC(=O)c2ccc(C)s2)C(C)C2CC2)cc1. The number of ether oxygens (including phenoxy) is 1. The Balaban J connectivity index is 1.64. The summed E-state index contributed by atoms with van der Waals surface area (Å²) in [5, 5.41) is 0. The van der Waals surface area contributed by atoms with Gasteiger partial charge < -0.3 is 9.64 Å². The molecule has 5 heteroatoms. The first-order valence-electron chi connectivity index (χ1n) is 9.50. The van der Waals surface area contributed by atoms with E-state index in [-0.39, 0.29) is 30.6 Å². The number of Topliss-reactive ketones (excluding diaryl/α,β-unsaturated/α-hetero) is 1. The Morgan fingerprint density at radius 2 is 1.85 bits per heavy atom. The number of aryl methyl sites for hydroxylation is 1. The number of hydrogen-bond acceptors (Lipinski definition) is 4. The van der Waals surface area contributed by atoms with Gasteiger partial charge in [0.2, 0.25) is 5.91 Å². The predicted octanol–water partition coefficient (Wildman–Crippen LogP) is 4.86. The zero-order chi connectivity index (χ0) is 19.4. The van der Waals surface area contributed by atoms with Crippen LogP contribution in [0, 0.1) is 12.8 Å². The van der Waals surface area contributed by atoms with Gasteiger partial charge in [-0.05, 0) is 62.4 Å². The number of thiophene rings is 1. The summed E-state index contributed by atoms with van der Waals surface area (Å²) in [5.41, 5.74) is 1.08. The van der Waals surface area contributed by atoms with Gasteiger partial charge in [-0.1, -0.05) is 12.1 Å². The third-order valence-electron chi connectivity index (χ3n) is 5.21. The van der Waals surface area contributed by atoms with Crippen molar-refractivity contribution in [1.29, 1.82) is 0 Å². The average molecular weight is 386 g/mol. The van der Waals surface area contributed by atoms with E-state index in [2.05, 4.69) is 6.92 Å². The van der Waals surface area contributed by atoms with Crippen molar-refractivity contribution in [2.75, 3.05) is 7.11 Å². The van der Waals surface area contributed by atoms with Crippen molar-refractivity contribution < 1.29 is 14.3 Å². The molecule has 1 fully saturated rings. The molecular weight excluding hydrogens is 358 g/mol. The molecule has 1 aliphatic rings. The number of rotatable bonds is 9. The molecule has 4 nitrogen and oxygen atoms in total. The normalized spacial score (nSPS) is 14.6. The van der Waals surface area contributed by atoms with Crippen LogP contribution in [0.1, 0.15) is 52.7 Å². The van der Waals surface area contributed by atoms with Crippen molar-refractivity contribution in [3.8, 4) is 5.75 Å². The number of nitrogens with zero attached hydrogens (tertiary/aromatic N) is 1. The van der Waals surface area contributed by atoms with Gasteiger partial charge in [0.15, 0.2) is 5.78 Å². The first-order valence-corrected chi connectivity index (χ1v) is 10.3. The van der Waals surface area contributed by atoms with Crippen LogP contribution in [-0.4, -0.2) is 29.7 Å². The van der Waals surface area contributed by atoms with Crippen molar-refractivity contribution in [1.82, 2.24) is 4.90 Å². The van der Waals surface area contributed by atoms with Gasteiger partial charge in [-0.3, -0.25) is 9.59 Å². The standard InChI is InChI=1S/C22H27NO3S/c1-15-4-12-21(27-15)20(24)11-13-22(25)23(16(2)18-7-8-18)14-17-5-9-19(26-3)10-6-17/h4-6,9-10,12,16,18H,7-8,11,13-14H2,1-3H3. The summed E-state index contributed by atoms with van der Waals surface area (Å²) in [6, 6.07) is 11.8. The fourth-order valence-corrected chi connectivity index (χ4v) is 4.13. The van der Waals surface area contributed by atoms with Crippen molar-refractivity contribution >= 4 is 23.0 Å². The van der Waals surface area contributed by atoms with E-state index in [0.29, 0.717) is 12.5 Å². The third-order valence-corrected chi connectivity index (χ3v) is 6.25. The fraction of sp³-hybridized carbons (Fsp3) is 0.455. The lowest BCUT2D eigenvalue weighted by molar-refractivity contribution is -0.134. The van der Waals surface area contributed by atoms with Gasteiger partial charge in [0.05, 0.1) is 12.0 Å². The largest absolute Gasteiger partial charge is 0.497 e. The van der Waals surface area contributed by atoms with Gasteiger partial charge in [0.1, 0.15) is 5.75 Å². The van der Waals surface area contributed by atoms with E-state index in [1.807, 2.05) is 48.2 Å². The summed E-state index contributed by atoms with van der Waals surface area (Å²) >= 11 is 1.50. The van der Waals surface area contributed by atoms with E-state index in [9.17, 15) is 9.59 Å². The highest BCUT2D eigenvalue weighted by atomic mass is 32.1. The summed E-state index contributed by atoms with van der Waals surface area (Å²) in [7, 11) is 1.64. The molecule has 0 radical (unpaired) electrons. The molecule has 0 N–H and O–H groups in total. The van der Waals surface area contributed by atoms with E-state index in [1.54, 1.807) is 7.11 Å². The van der Waals surface area contributed by atoms with Crippen LogP contribution in [0.3, 0.4) is 0 Å². The molecule has 1 amide bonds. The summed E-state index contributed by atoms with van der Waals surface area (Å²) in [6.45, 7) is 4.69. The molecule has 3 rings (SSSR count). The van der Waals surface area contributed by atoms with Gasteiger partial charge in [0.25, 0.3) is 0 Å². The van der Waals surface area contributed by atoms with Crippen LogP contribution in [0.15, 0.2) is 36.4 Å². The van der Waals surface area contributed by atoms with Gasteiger partial charge in [-0.15, -0.1) is 11.3 Å². The number of hydrogen-bond donors (Lipinski definition) is 0. The molecule has 27 heavy (non-hydrogen) atoms. The van der Waals surface area contributed by atoms with Gasteiger partial charge in [-0.25, -0.2) is 0 Å².